The van der Waals surface area contributed by atoms with E-state index in [9.17, 15) is 5.11 Å². The summed E-state index contributed by atoms with van der Waals surface area (Å²) in [7, 11) is 2.94. The van der Waals surface area contributed by atoms with Crippen LogP contribution < -0.4 is 4.74 Å². The van der Waals surface area contributed by atoms with Gasteiger partial charge in [0, 0.05) is 14.2 Å². The van der Waals surface area contributed by atoms with Gasteiger partial charge in [0.15, 0.2) is 5.76 Å². The molecule has 80 valence electrons. The van der Waals surface area contributed by atoms with E-state index in [1.54, 1.807) is 12.1 Å². The first kappa shape index (κ1) is 10.0. The summed E-state index contributed by atoms with van der Waals surface area (Å²) in [5, 5.41) is 9.75. The third-order valence-corrected chi connectivity index (χ3v) is 2.45. The molecule has 0 spiro atoms. The molecule has 1 aromatic rings. The molecule has 1 aliphatic rings. The second-order valence-electron chi connectivity index (χ2n) is 3.14. The summed E-state index contributed by atoms with van der Waals surface area (Å²) in [6, 6.07) is 7.23. The summed E-state index contributed by atoms with van der Waals surface area (Å²) in [5.74, 6) is -0.750. The van der Waals surface area contributed by atoms with Gasteiger partial charge in [0.2, 0.25) is 0 Å². The van der Waals surface area contributed by atoms with Gasteiger partial charge in [0.05, 0.1) is 5.56 Å². The Kier molecular flexibility index (Phi) is 2.38. The zero-order valence-corrected chi connectivity index (χ0v) is 8.56. The van der Waals surface area contributed by atoms with E-state index in [2.05, 4.69) is 0 Å². The molecule has 0 saturated heterocycles. The Morgan fingerprint density at radius 3 is 2.53 bits per heavy atom. The predicted octanol–water partition coefficient (Wildman–Crippen LogP) is 1.92. The Hall–Kier alpha value is -1.52. The molecule has 1 aliphatic heterocycles. The van der Waals surface area contributed by atoms with Crippen LogP contribution in [-0.2, 0) is 15.3 Å². The van der Waals surface area contributed by atoms with Gasteiger partial charge < -0.3 is 19.3 Å². The fourth-order valence-electron chi connectivity index (χ4n) is 1.69. The molecule has 0 bridgehead atoms. The SMILES string of the molecule is COC1(OC)C(O)=COc2ccccc21. The van der Waals surface area contributed by atoms with Crippen molar-refractivity contribution < 1.29 is 19.3 Å². The monoisotopic (exact) mass is 208 g/mol. The quantitative estimate of drug-likeness (QED) is 0.754. The van der Waals surface area contributed by atoms with E-state index in [-0.39, 0.29) is 5.76 Å². The van der Waals surface area contributed by atoms with Crippen LogP contribution in [0.1, 0.15) is 5.56 Å². The number of hydrogen-bond donors (Lipinski definition) is 1. The molecule has 0 unspecified atom stereocenters. The molecule has 15 heavy (non-hydrogen) atoms. The van der Waals surface area contributed by atoms with Crippen LogP contribution in [0.25, 0.3) is 0 Å². The largest absolute Gasteiger partial charge is 0.504 e. The molecule has 2 rings (SSSR count). The minimum Gasteiger partial charge on any atom is -0.504 e. The van der Waals surface area contributed by atoms with Gasteiger partial charge in [-0.3, -0.25) is 0 Å². The Labute approximate surface area is 87.7 Å². The van der Waals surface area contributed by atoms with Crippen molar-refractivity contribution in [2.24, 2.45) is 0 Å². The smallest absolute Gasteiger partial charge is 0.261 e. The molecule has 1 heterocycles. The van der Waals surface area contributed by atoms with Gasteiger partial charge in [-0.25, -0.2) is 0 Å². The molecule has 4 nitrogen and oxygen atoms in total. The van der Waals surface area contributed by atoms with Gasteiger partial charge in [-0.15, -0.1) is 0 Å². The third-order valence-electron chi connectivity index (χ3n) is 2.45. The van der Waals surface area contributed by atoms with Crippen molar-refractivity contribution in [3.63, 3.8) is 0 Å². The van der Waals surface area contributed by atoms with E-state index in [0.29, 0.717) is 11.3 Å². The molecule has 1 aromatic carbocycles. The Morgan fingerprint density at radius 1 is 1.20 bits per heavy atom. The fourth-order valence-corrected chi connectivity index (χ4v) is 1.69. The molecular weight excluding hydrogens is 196 g/mol. The second kappa shape index (κ2) is 3.56. The van der Waals surface area contributed by atoms with Crippen LogP contribution in [0, 0.1) is 0 Å². The number of aliphatic hydroxyl groups excluding tert-OH is 1. The first-order valence-electron chi connectivity index (χ1n) is 4.50. The molecule has 0 radical (unpaired) electrons. The van der Waals surface area contributed by atoms with Crippen LogP contribution in [0.2, 0.25) is 0 Å². The third kappa shape index (κ3) is 1.30. The topological polar surface area (TPSA) is 47.9 Å². The lowest BCUT2D eigenvalue weighted by Gasteiger charge is -2.33. The van der Waals surface area contributed by atoms with Crippen LogP contribution >= 0.6 is 0 Å². The number of fused-ring (bicyclic) bond motifs is 1. The Bertz CT molecular complexity index is 393. The molecule has 0 fully saturated rings. The van der Waals surface area contributed by atoms with E-state index in [1.165, 1.54) is 20.5 Å². The highest BCUT2D eigenvalue weighted by Gasteiger charge is 2.42. The number of aliphatic hydroxyl groups is 1. The number of hydrogen-bond acceptors (Lipinski definition) is 4. The number of rotatable bonds is 2. The highest BCUT2D eigenvalue weighted by atomic mass is 16.7. The van der Waals surface area contributed by atoms with Gasteiger partial charge in [-0.05, 0) is 12.1 Å². The van der Waals surface area contributed by atoms with Gasteiger partial charge in [-0.1, -0.05) is 12.1 Å². The van der Waals surface area contributed by atoms with Crippen molar-refractivity contribution in [2.45, 2.75) is 5.79 Å². The van der Waals surface area contributed by atoms with E-state index in [0.717, 1.165) is 0 Å². The lowest BCUT2D eigenvalue weighted by molar-refractivity contribution is -0.210. The average molecular weight is 208 g/mol. The molecule has 4 heteroatoms. The van der Waals surface area contributed by atoms with Gasteiger partial charge in [-0.2, -0.15) is 0 Å². The molecule has 0 aromatic heterocycles. The molecule has 0 amide bonds. The van der Waals surface area contributed by atoms with Crippen LogP contribution in [0.3, 0.4) is 0 Å². The van der Waals surface area contributed by atoms with Crippen molar-refractivity contribution in [3.8, 4) is 5.75 Å². The summed E-state index contributed by atoms with van der Waals surface area (Å²) in [6.07, 6.45) is 1.22. The van der Waals surface area contributed by atoms with Crippen LogP contribution in [0.15, 0.2) is 36.3 Å². The second-order valence-corrected chi connectivity index (χ2v) is 3.14. The molecule has 1 N–H and O–H groups in total. The molecule has 0 aliphatic carbocycles. The first-order chi connectivity index (χ1) is 7.24. The Morgan fingerprint density at radius 2 is 1.87 bits per heavy atom. The fraction of sp³-hybridized carbons (Fsp3) is 0.273. The lowest BCUT2D eigenvalue weighted by atomic mass is 10.0. The van der Waals surface area contributed by atoms with Gasteiger partial charge >= 0.3 is 0 Å². The number of methoxy groups -OCH3 is 2. The van der Waals surface area contributed by atoms with Crippen molar-refractivity contribution in [2.75, 3.05) is 14.2 Å². The van der Waals surface area contributed by atoms with E-state index in [1.807, 2.05) is 12.1 Å². The Balaban J connectivity index is 2.60. The van der Waals surface area contributed by atoms with Crippen molar-refractivity contribution in [1.82, 2.24) is 0 Å². The molecule has 0 saturated carbocycles. The highest BCUT2D eigenvalue weighted by molar-refractivity contribution is 5.43. The van der Waals surface area contributed by atoms with E-state index < -0.39 is 5.79 Å². The zero-order valence-electron chi connectivity index (χ0n) is 8.56. The lowest BCUT2D eigenvalue weighted by Crippen LogP contribution is -2.35. The minimum absolute atomic E-state index is 0.105. The summed E-state index contributed by atoms with van der Waals surface area (Å²) < 4.78 is 15.7. The van der Waals surface area contributed by atoms with Crippen LogP contribution in [0.4, 0.5) is 0 Å². The van der Waals surface area contributed by atoms with Gasteiger partial charge in [0.25, 0.3) is 5.79 Å². The molecular formula is C11H12O4. The summed E-state index contributed by atoms with van der Waals surface area (Å²) >= 11 is 0. The van der Waals surface area contributed by atoms with Crippen LogP contribution in [0.5, 0.6) is 5.75 Å². The summed E-state index contributed by atoms with van der Waals surface area (Å²) in [4.78, 5) is 0. The van der Waals surface area contributed by atoms with Crippen molar-refractivity contribution in [1.29, 1.82) is 0 Å². The summed E-state index contributed by atoms with van der Waals surface area (Å²) in [6.45, 7) is 0. The standard InChI is InChI=1S/C11H12O4/c1-13-11(14-2)8-5-3-4-6-9(8)15-7-10(11)12/h3-7,12H,1-2H3. The maximum atomic E-state index is 9.75. The predicted molar refractivity (Wildman–Crippen MR) is 53.5 cm³/mol. The van der Waals surface area contributed by atoms with Crippen LogP contribution in [-0.4, -0.2) is 19.3 Å². The van der Waals surface area contributed by atoms with Gasteiger partial charge in [0.1, 0.15) is 12.0 Å². The van der Waals surface area contributed by atoms with E-state index >= 15 is 0 Å². The minimum atomic E-state index is -1.26. The van der Waals surface area contributed by atoms with Crippen molar-refractivity contribution in [3.05, 3.63) is 41.9 Å². The first-order valence-corrected chi connectivity index (χ1v) is 4.50. The number of para-hydroxylation sites is 1. The number of ether oxygens (including phenoxy) is 3. The normalized spacial score (nSPS) is 17.6. The maximum absolute atomic E-state index is 9.75. The molecule has 0 atom stereocenters. The zero-order chi connectivity index (χ0) is 10.9. The maximum Gasteiger partial charge on any atom is 0.261 e. The van der Waals surface area contributed by atoms with E-state index in [4.69, 9.17) is 14.2 Å². The highest BCUT2D eigenvalue weighted by Crippen LogP contribution is 2.41. The number of benzene rings is 1. The summed E-state index contributed by atoms with van der Waals surface area (Å²) in [5.41, 5.74) is 0.648. The average Bonchev–Trinajstić information content (AvgIpc) is 2.30. The van der Waals surface area contributed by atoms with Crippen molar-refractivity contribution >= 4 is 0 Å².